The molecule has 1 aliphatic carbocycles. The number of hydrogen-bond acceptors (Lipinski definition) is 4. The fourth-order valence-electron chi connectivity index (χ4n) is 5.02. The lowest BCUT2D eigenvalue weighted by molar-refractivity contribution is 0.0626. The van der Waals surface area contributed by atoms with Crippen LogP contribution in [0, 0.1) is 11.3 Å². The summed E-state index contributed by atoms with van der Waals surface area (Å²) in [5.74, 6) is 0.133. The van der Waals surface area contributed by atoms with Crippen molar-refractivity contribution in [3.63, 3.8) is 0 Å². The van der Waals surface area contributed by atoms with Crippen molar-refractivity contribution in [2.45, 2.75) is 58.9 Å². The minimum Gasteiger partial charge on any atom is -0.501 e. The van der Waals surface area contributed by atoms with Crippen LogP contribution in [0.1, 0.15) is 74.2 Å². The van der Waals surface area contributed by atoms with E-state index in [0.717, 1.165) is 18.4 Å². The summed E-state index contributed by atoms with van der Waals surface area (Å²) in [5.41, 5.74) is 0.432. The molecule has 1 unspecified atom stereocenters. The molecule has 30 heavy (non-hydrogen) atoms. The number of fused-ring (bicyclic) bond motifs is 1. The molecule has 1 atom stereocenters. The number of carbonyl (C=O) groups is 1. The normalized spacial score (nSPS) is 18.5. The van der Waals surface area contributed by atoms with E-state index in [4.69, 9.17) is 0 Å². The molecule has 6 nitrogen and oxygen atoms in total. The van der Waals surface area contributed by atoms with Gasteiger partial charge in [0, 0.05) is 25.6 Å². The minimum atomic E-state index is -0.707. The molecule has 4 rings (SSSR count). The fourth-order valence-corrected chi connectivity index (χ4v) is 5.02. The Labute approximate surface area is 177 Å². The van der Waals surface area contributed by atoms with Crippen molar-refractivity contribution in [3.05, 3.63) is 57.8 Å². The van der Waals surface area contributed by atoms with Crippen LogP contribution in [0.15, 0.2) is 35.1 Å². The maximum atomic E-state index is 13.3. The largest absolute Gasteiger partial charge is 0.501 e. The van der Waals surface area contributed by atoms with Gasteiger partial charge in [0.05, 0.1) is 0 Å². The lowest BCUT2D eigenvalue weighted by atomic mass is 9.83. The number of nitrogens with zero attached hydrogens (tertiary/aromatic N) is 3. The summed E-state index contributed by atoms with van der Waals surface area (Å²) in [6.45, 7) is 7.87. The number of benzene rings is 1. The molecule has 2 aliphatic rings. The Bertz CT molecular complexity index is 985. The van der Waals surface area contributed by atoms with Crippen molar-refractivity contribution in [1.82, 2.24) is 14.5 Å². The summed E-state index contributed by atoms with van der Waals surface area (Å²) in [4.78, 5) is 32.0. The number of carbonyl (C=O) groups excluding carboxylic acids is 1. The van der Waals surface area contributed by atoms with Gasteiger partial charge < -0.3 is 14.6 Å². The zero-order valence-electron chi connectivity index (χ0n) is 18.1. The molecule has 1 amide bonds. The summed E-state index contributed by atoms with van der Waals surface area (Å²) < 4.78 is 1.81. The van der Waals surface area contributed by atoms with Crippen LogP contribution in [-0.4, -0.2) is 38.6 Å². The quantitative estimate of drug-likeness (QED) is 0.834. The van der Waals surface area contributed by atoms with Gasteiger partial charge in [-0.3, -0.25) is 9.59 Å². The van der Waals surface area contributed by atoms with Crippen molar-refractivity contribution >= 4 is 5.91 Å². The highest BCUT2D eigenvalue weighted by molar-refractivity contribution is 5.95. The highest BCUT2D eigenvalue weighted by atomic mass is 16.3. The van der Waals surface area contributed by atoms with E-state index in [9.17, 15) is 14.7 Å². The molecule has 1 aromatic carbocycles. The Balaban J connectivity index is 1.84. The van der Waals surface area contributed by atoms with Crippen molar-refractivity contribution in [2.24, 2.45) is 11.3 Å². The SMILES string of the molecule is CC(C)(C)CN1CCn2c(C(c3ccccc3)C3CCCC3)nc(=O)c(O)c2C1=O. The summed E-state index contributed by atoms with van der Waals surface area (Å²) in [5, 5.41) is 10.5. The Morgan fingerprint density at radius 2 is 1.77 bits per heavy atom. The van der Waals surface area contributed by atoms with Crippen molar-refractivity contribution in [1.29, 1.82) is 0 Å². The molecule has 1 N–H and O–H groups in total. The van der Waals surface area contributed by atoms with Gasteiger partial charge in [0.15, 0.2) is 5.69 Å². The third-order valence-electron chi connectivity index (χ3n) is 6.25. The van der Waals surface area contributed by atoms with Crippen LogP contribution in [0.4, 0.5) is 0 Å². The van der Waals surface area contributed by atoms with Gasteiger partial charge in [-0.2, -0.15) is 4.98 Å². The van der Waals surface area contributed by atoms with Crippen molar-refractivity contribution in [3.8, 4) is 5.75 Å². The highest BCUT2D eigenvalue weighted by Gasteiger charge is 2.37. The Morgan fingerprint density at radius 3 is 2.40 bits per heavy atom. The molecule has 1 saturated carbocycles. The van der Waals surface area contributed by atoms with Gasteiger partial charge in [0.2, 0.25) is 5.75 Å². The predicted molar refractivity (Wildman–Crippen MR) is 116 cm³/mol. The van der Waals surface area contributed by atoms with Gasteiger partial charge in [0.1, 0.15) is 5.82 Å². The average molecular weight is 410 g/mol. The standard InChI is InChI=1S/C24H31N3O3/c1-24(2,3)15-26-13-14-27-19(23(26)30)20(28)22(29)25-21(27)18(17-11-7-8-12-17)16-9-5-4-6-10-16/h4-6,9-10,17-18,28H,7-8,11-15H2,1-3H3. The van der Waals surface area contributed by atoms with Crippen molar-refractivity contribution in [2.75, 3.05) is 13.1 Å². The van der Waals surface area contributed by atoms with E-state index in [2.05, 4.69) is 37.9 Å². The average Bonchev–Trinajstić information content (AvgIpc) is 3.22. The number of amides is 1. The molecule has 6 heteroatoms. The lowest BCUT2D eigenvalue weighted by Gasteiger charge is -2.36. The number of aromatic nitrogens is 2. The lowest BCUT2D eigenvalue weighted by Crippen LogP contribution is -2.46. The van der Waals surface area contributed by atoms with Crippen LogP contribution in [0.25, 0.3) is 0 Å². The Kier molecular flexibility index (Phi) is 5.43. The molecule has 160 valence electrons. The van der Waals surface area contributed by atoms with Crippen LogP contribution in [-0.2, 0) is 6.54 Å². The molecule has 1 aromatic heterocycles. The van der Waals surface area contributed by atoms with Gasteiger partial charge in [-0.05, 0) is 29.7 Å². The maximum Gasteiger partial charge on any atom is 0.315 e. The van der Waals surface area contributed by atoms with Gasteiger partial charge in [-0.15, -0.1) is 0 Å². The molecule has 0 bridgehead atoms. The number of aromatic hydroxyl groups is 1. The zero-order chi connectivity index (χ0) is 21.5. The first-order valence-corrected chi connectivity index (χ1v) is 10.9. The monoisotopic (exact) mass is 409 g/mol. The Hall–Kier alpha value is -2.63. The first-order chi connectivity index (χ1) is 14.3. The third kappa shape index (κ3) is 3.87. The van der Waals surface area contributed by atoms with E-state index in [0.29, 0.717) is 31.4 Å². The molecule has 2 aromatic rings. The van der Waals surface area contributed by atoms with Crippen LogP contribution in [0.5, 0.6) is 5.75 Å². The summed E-state index contributed by atoms with van der Waals surface area (Å²) in [7, 11) is 0. The van der Waals surface area contributed by atoms with Crippen LogP contribution in [0.2, 0.25) is 0 Å². The van der Waals surface area contributed by atoms with Crippen LogP contribution < -0.4 is 5.56 Å². The molecule has 1 aliphatic heterocycles. The molecule has 2 heterocycles. The van der Waals surface area contributed by atoms with E-state index >= 15 is 0 Å². The summed E-state index contributed by atoms with van der Waals surface area (Å²) in [6, 6.07) is 10.1. The topological polar surface area (TPSA) is 75.4 Å². The highest BCUT2D eigenvalue weighted by Crippen LogP contribution is 2.41. The molecule has 0 spiro atoms. The molecule has 0 radical (unpaired) electrons. The van der Waals surface area contributed by atoms with Gasteiger partial charge in [0.25, 0.3) is 5.91 Å². The van der Waals surface area contributed by atoms with E-state index in [1.807, 2.05) is 22.8 Å². The van der Waals surface area contributed by atoms with Gasteiger partial charge >= 0.3 is 5.56 Å². The van der Waals surface area contributed by atoms with E-state index in [1.54, 1.807) is 4.90 Å². The predicted octanol–water partition coefficient (Wildman–Crippen LogP) is 3.77. The third-order valence-corrected chi connectivity index (χ3v) is 6.25. The minimum absolute atomic E-state index is 0.0530. The first kappa shape index (κ1) is 20.6. The second-order valence-electron chi connectivity index (χ2n) is 9.84. The van der Waals surface area contributed by atoms with Gasteiger partial charge in [-0.25, -0.2) is 0 Å². The Morgan fingerprint density at radius 1 is 1.10 bits per heavy atom. The van der Waals surface area contributed by atoms with Gasteiger partial charge in [-0.1, -0.05) is 63.9 Å². The molecular formula is C24H31N3O3. The molecule has 1 fully saturated rings. The fraction of sp³-hybridized carbons (Fsp3) is 0.542. The summed E-state index contributed by atoms with van der Waals surface area (Å²) in [6.07, 6.45) is 4.49. The van der Waals surface area contributed by atoms with Crippen LogP contribution in [0.3, 0.4) is 0 Å². The van der Waals surface area contributed by atoms with Crippen molar-refractivity contribution < 1.29 is 9.90 Å². The second-order valence-corrected chi connectivity index (χ2v) is 9.84. The second kappa shape index (κ2) is 7.89. The smallest absolute Gasteiger partial charge is 0.315 e. The maximum absolute atomic E-state index is 13.3. The first-order valence-electron chi connectivity index (χ1n) is 10.9. The van der Waals surface area contributed by atoms with E-state index in [1.165, 1.54) is 12.8 Å². The molecular weight excluding hydrogens is 378 g/mol. The van der Waals surface area contributed by atoms with Crippen LogP contribution >= 0.6 is 0 Å². The molecule has 0 saturated heterocycles. The summed E-state index contributed by atoms with van der Waals surface area (Å²) >= 11 is 0. The van der Waals surface area contributed by atoms with E-state index < -0.39 is 11.3 Å². The number of hydrogen-bond donors (Lipinski definition) is 1. The van der Waals surface area contributed by atoms with E-state index in [-0.39, 0.29) is 22.9 Å². The zero-order valence-corrected chi connectivity index (χ0v) is 18.1. The number of rotatable bonds is 4.